The normalized spacial score (nSPS) is 17.0. The van der Waals surface area contributed by atoms with Crippen molar-refractivity contribution < 1.29 is 9.90 Å². The number of nitrogens with zero attached hydrogens (tertiary/aromatic N) is 3. The summed E-state index contributed by atoms with van der Waals surface area (Å²) in [6.07, 6.45) is 3.56. The molecule has 0 spiro atoms. The number of aliphatic imine (C=N–C) groups is 1. The molecule has 0 atom stereocenters. The second-order valence-electron chi connectivity index (χ2n) is 6.21. The number of carbonyl (C=O) groups excluding carboxylic acids is 1. The van der Waals surface area contributed by atoms with E-state index in [1.54, 1.807) is 35.2 Å². The van der Waals surface area contributed by atoms with Gasteiger partial charge in [-0.3, -0.25) is 9.69 Å². The summed E-state index contributed by atoms with van der Waals surface area (Å²) in [5.41, 5.74) is 2.74. The third-order valence-corrected chi connectivity index (χ3v) is 4.99. The number of anilines is 1. The largest absolute Gasteiger partial charge is 0.508 e. The zero-order valence-corrected chi connectivity index (χ0v) is 16.1. The lowest BCUT2D eigenvalue weighted by Gasteiger charge is -2.12. The summed E-state index contributed by atoms with van der Waals surface area (Å²) < 4.78 is 0. The smallest absolute Gasteiger partial charge is 0.267 e. The van der Waals surface area contributed by atoms with Crippen molar-refractivity contribution >= 4 is 40.3 Å². The molecular formula is C21H21N3O2S. The number of thioether (sulfide) groups is 1. The number of amides is 1. The van der Waals surface area contributed by atoms with E-state index >= 15 is 0 Å². The van der Waals surface area contributed by atoms with E-state index < -0.39 is 0 Å². The van der Waals surface area contributed by atoms with Crippen molar-refractivity contribution in [2.24, 2.45) is 4.99 Å². The van der Waals surface area contributed by atoms with Crippen LogP contribution in [0.5, 0.6) is 5.75 Å². The molecule has 1 N–H and O–H groups in total. The Labute approximate surface area is 163 Å². The zero-order valence-electron chi connectivity index (χ0n) is 15.3. The van der Waals surface area contributed by atoms with E-state index in [2.05, 4.69) is 11.6 Å². The van der Waals surface area contributed by atoms with Crippen LogP contribution in [-0.4, -0.2) is 41.7 Å². The number of aromatic hydroxyl groups is 1. The summed E-state index contributed by atoms with van der Waals surface area (Å²) in [5.74, 6) is 0.0907. The van der Waals surface area contributed by atoms with E-state index in [4.69, 9.17) is 0 Å². The van der Waals surface area contributed by atoms with Gasteiger partial charge >= 0.3 is 0 Å². The van der Waals surface area contributed by atoms with Gasteiger partial charge in [-0.05, 0) is 59.8 Å². The third-order valence-electron chi connectivity index (χ3n) is 3.98. The van der Waals surface area contributed by atoms with E-state index in [1.165, 1.54) is 11.8 Å². The Kier molecular flexibility index (Phi) is 5.66. The number of hydrogen-bond donors (Lipinski definition) is 1. The number of phenolic OH excluding ortho intramolecular Hbond substituents is 1. The monoisotopic (exact) mass is 379 g/mol. The van der Waals surface area contributed by atoms with Crippen molar-refractivity contribution in [3.63, 3.8) is 0 Å². The second-order valence-corrected chi connectivity index (χ2v) is 7.22. The van der Waals surface area contributed by atoms with Crippen molar-refractivity contribution in [2.75, 3.05) is 25.5 Å². The van der Waals surface area contributed by atoms with Gasteiger partial charge < -0.3 is 10.0 Å². The van der Waals surface area contributed by atoms with Crippen LogP contribution in [-0.2, 0) is 4.79 Å². The molecule has 27 heavy (non-hydrogen) atoms. The maximum Gasteiger partial charge on any atom is 0.267 e. The number of hydrogen-bond acceptors (Lipinski definition) is 5. The molecule has 2 aromatic rings. The lowest BCUT2D eigenvalue weighted by atomic mass is 10.2. The molecule has 1 fully saturated rings. The molecular weight excluding hydrogens is 358 g/mol. The Morgan fingerprint density at radius 1 is 1.15 bits per heavy atom. The first-order valence-corrected chi connectivity index (χ1v) is 9.27. The van der Waals surface area contributed by atoms with Crippen LogP contribution in [0.15, 0.2) is 71.1 Å². The van der Waals surface area contributed by atoms with Gasteiger partial charge in [0, 0.05) is 26.3 Å². The SMILES string of the molecule is C=CCN1C(=O)/C(=C/c2ccc(N(C)C)cc2)SC1=Nc1ccc(O)cc1. The first kappa shape index (κ1) is 18.8. The topological polar surface area (TPSA) is 56.1 Å². The Hall–Kier alpha value is -2.99. The van der Waals surface area contributed by atoms with Gasteiger partial charge in [0.1, 0.15) is 5.75 Å². The average Bonchev–Trinajstić information content (AvgIpc) is 2.93. The van der Waals surface area contributed by atoms with Gasteiger partial charge in [-0.25, -0.2) is 4.99 Å². The molecule has 0 aromatic heterocycles. The van der Waals surface area contributed by atoms with Gasteiger partial charge in [0.25, 0.3) is 5.91 Å². The lowest BCUT2D eigenvalue weighted by Crippen LogP contribution is -2.29. The molecule has 6 heteroatoms. The van der Waals surface area contributed by atoms with Crippen molar-refractivity contribution in [2.45, 2.75) is 0 Å². The summed E-state index contributed by atoms with van der Waals surface area (Å²) >= 11 is 1.34. The fraction of sp³-hybridized carbons (Fsp3) is 0.143. The molecule has 138 valence electrons. The molecule has 1 heterocycles. The van der Waals surface area contributed by atoms with Crippen molar-refractivity contribution in [1.29, 1.82) is 0 Å². The van der Waals surface area contributed by atoms with Crippen LogP contribution in [0, 0.1) is 0 Å². The molecule has 0 unspecified atom stereocenters. The first-order chi connectivity index (χ1) is 13.0. The standard InChI is InChI=1S/C21H21N3O2S/c1-4-13-24-20(26)19(14-15-5-9-17(10-6-15)23(2)3)27-21(24)22-16-7-11-18(25)12-8-16/h4-12,14,25H,1,13H2,2-3H3/b19-14-,22-21?. The zero-order chi connectivity index (χ0) is 19.4. The predicted molar refractivity (Wildman–Crippen MR) is 113 cm³/mol. The maximum absolute atomic E-state index is 12.8. The van der Waals surface area contributed by atoms with Crippen LogP contribution in [0.2, 0.25) is 0 Å². The molecule has 1 amide bonds. The highest BCUT2D eigenvalue weighted by Gasteiger charge is 2.32. The van der Waals surface area contributed by atoms with Gasteiger partial charge in [0.2, 0.25) is 0 Å². The molecule has 1 aliphatic heterocycles. The Bertz CT molecular complexity index is 900. The number of amidine groups is 1. The fourth-order valence-corrected chi connectivity index (χ4v) is 3.55. The molecule has 0 saturated carbocycles. The van der Waals surface area contributed by atoms with Gasteiger partial charge in [0.15, 0.2) is 5.17 Å². The minimum atomic E-state index is -0.0888. The molecule has 1 aliphatic rings. The van der Waals surface area contributed by atoms with Crippen LogP contribution in [0.4, 0.5) is 11.4 Å². The number of carbonyl (C=O) groups is 1. The van der Waals surface area contributed by atoms with Gasteiger partial charge in [-0.15, -0.1) is 6.58 Å². The van der Waals surface area contributed by atoms with E-state index in [0.717, 1.165) is 11.3 Å². The van der Waals surface area contributed by atoms with Gasteiger partial charge in [-0.2, -0.15) is 0 Å². The second kappa shape index (κ2) is 8.14. The van der Waals surface area contributed by atoms with Crippen LogP contribution >= 0.6 is 11.8 Å². The Morgan fingerprint density at radius 3 is 2.41 bits per heavy atom. The number of phenols is 1. The molecule has 0 bridgehead atoms. The number of benzene rings is 2. The molecule has 2 aromatic carbocycles. The van der Waals surface area contributed by atoms with Crippen molar-refractivity contribution in [3.05, 3.63) is 71.7 Å². The van der Waals surface area contributed by atoms with Gasteiger partial charge in [-0.1, -0.05) is 18.2 Å². The molecule has 0 radical (unpaired) electrons. The summed E-state index contributed by atoms with van der Waals surface area (Å²) in [4.78, 5) is 21.6. The van der Waals surface area contributed by atoms with Crippen LogP contribution in [0.3, 0.4) is 0 Å². The summed E-state index contributed by atoms with van der Waals surface area (Å²) in [5, 5.41) is 10.0. The van der Waals surface area contributed by atoms with E-state index in [9.17, 15) is 9.90 Å². The quantitative estimate of drug-likeness (QED) is 0.623. The van der Waals surface area contributed by atoms with Crippen molar-refractivity contribution in [1.82, 2.24) is 4.90 Å². The lowest BCUT2D eigenvalue weighted by molar-refractivity contribution is -0.121. The Balaban J connectivity index is 1.90. The molecule has 5 nitrogen and oxygen atoms in total. The van der Waals surface area contributed by atoms with Crippen LogP contribution in [0.1, 0.15) is 5.56 Å². The highest BCUT2D eigenvalue weighted by atomic mass is 32.2. The van der Waals surface area contributed by atoms with E-state index in [0.29, 0.717) is 22.3 Å². The van der Waals surface area contributed by atoms with Crippen molar-refractivity contribution in [3.8, 4) is 5.75 Å². The van der Waals surface area contributed by atoms with E-state index in [-0.39, 0.29) is 11.7 Å². The number of rotatable bonds is 5. The minimum absolute atomic E-state index is 0.0888. The summed E-state index contributed by atoms with van der Waals surface area (Å²) in [7, 11) is 3.98. The molecule has 3 rings (SSSR count). The van der Waals surface area contributed by atoms with Gasteiger partial charge in [0.05, 0.1) is 10.6 Å². The highest BCUT2D eigenvalue weighted by Crippen LogP contribution is 2.34. The van der Waals surface area contributed by atoms with E-state index in [1.807, 2.05) is 49.3 Å². The average molecular weight is 379 g/mol. The fourth-order valence-electron chi connectivity index (χ4n) is 2.54. The predicted octanol–water partition coefficient (Wildman–Crippen LogP) is 4.25. The third kappa shape index (κ3) is 4.41. The highest BCUT2D eigenvalue weighted by molar-refractivity contribution is 8.18. The van der Waals surface area contributed by atoms with Crippen LogP contribution < -0.4 is 4.90 Å². The minimum Gasteiger partial charge on any atom is -0.508 e. The Morgan fingerprint density at radius 2 is 1.81 bits per heavy atom. The van der Waals surface area contributed by atoms with Crippen LogP contribution in [0.25, 0.3) is 6.08 Å². The summed E-state index contributed by atoms with van der Waals surface area (Å²) in [6, 6.07) is 14.6. The maximum atomic E-state index is 12.8. The first-order valence-electron chi connectivity index (χ1n) is 8.45. The summed E-state index contributed by atoms with van der Waals surface area (Å²) in [6.45, 7) is 4.12. The molecule has 0 aliphatic carbocycles. The molecule has 1 saturated heterocycles.